The second-order valence-corrected chi connectivity index (χ2v) is 7.53. The maximum atomic E-state index is 12.3. The number of cyclic esters (lactones) is 1. The van der Waals surface area contributed by atoms with Gasteiger partial charge in [-0.2, -0.15) is 0 Å². The van der Waals surface area contributed by atoms with E-state index >= 15 is 0 Å². The number of ether oxygens (including phenoxy) is 1. The lowest BCUT2D eigenvalue weighted by atomic mass is 9.66. The zero-order chi connectivity index (χ0) is 17.3. The van der Waals surface area contributed by atoms with Crippen LogP contribution < -0.4 is 0 Å². The first-order valence-electron chi connectivity index (χ1n) is 8.50. The zero-order valence-corrected chi connectivity index (χ0v) is 14.5. The Kier molecular flexibility index (Phi) is 4.48. The number of esters is 1. The standard InChI is InChI=1S/C20H24O4/c1-13-10-16(21)11-20(2,3)17(13)6-4-14-5-7-18(24-19(14)22)15-8-9-23-12-15/h5,8-10,12,17-18H,4,6-7,11H2,1-3H3/t17-,18-/m1/s1. The van der Waals surface area contributed by atoms with Crippen molar-refractivity contribution in [3.63, 3.8) is 0 Å². The van der Waals surface area contributed by atoms with Gasteiger partial charge < -0.3 is 9.15 Å². The third-order valence-electron chi connectivity index (χ3n) is 5.22. The summed E-state index contributed by atoms with van der Waals surface area (Å²) in [6.45, 7) is 6.29. The van der Waals surface area contributed by atoms with Crippen molar-refractivity contribution in [2.75, 3.05) is 0 Å². The monoisotopic (exact) mass is 328 g/mol. The fourth-order valence-electron chi connectivity index (χ4n) is 3.96. The minimum Gasteiger partial charge on any atom is -0.472 e. The molecular weight excluding hydrogens is 304 g/mol. The quantitative estimate of drug-likeness (QED) is 0.762. The average Bonchev–Trinajstić information content (AvgIpc) is 3.00. The van der Waals surface area contributed by atoms with Crippen molar-refractivity contribution in [1.29, 1.82) is 0 Å². The van der Waals surface area contributed by atoms with Gasteiger partial charge >= 0.3 is 5.97 Å². The smallest absolute Gasteiger partial charge is 0.334 e. The second kappa shape index (κ2) is 6.42. The minimum atomic E-state index is -0.245. The van der Waals surface area contributed by atoms with Crippen molar-refractivity contribution in [3.8, 4) is 0 Å². The molecule has 0 radical (unpaired) electrons. The van der Waals surface area contributed by atoms with E-state index in [9.17, 15) is 9.59 Å². The normalized spacial score (nSPS) is 26.6. The van der Waals surface area contributed by atoms with Crippen LogP contribution in [0.3, 0.4) is 0 Å². The molecule has 0 bridgehead atoms. The zero-order valence-electron chi connectivity index (χ0n) is 14.5. The Hall–Kier alpha value is -2.10. The van der Waals surface area contributed by atoms with Gasteiger partial charge in [-0.25, -0.2) is 4.79 Å². The van der Waals surface area contributed by atoms with Crippen LogP contribution in [-0.4, -0.2) is 11.8 Å². The number of allylic oxidation sites excluding steroid dienone is 2. The lowest BCUT2D eigenvalue weighted by Gasteiger charge is -2.38. The number of furan rings is 1. The summed E-state index contributed by atoms with van der Waals surface area (Å²) in [5.74, 6) is 0.280. The molecule has 0 unspecified atom stereocenters. The molecule has 0 saturated heterocycles. The van der Waals surface area contributed by atoms with Crippen molar-refractivity contribution >= 4 is 11.8 Å². The Bertz CT molecular complexity index is 691. The number of hydrogen-bond acceptors (Lipinski definition) is 4. The van der Waals surface area contributed by atoms with Gasteiger partial charge in [-0.3, -0.25) is 4.79 Å². The molecular formula is C20H24O4. The highest BCUT2D eigenvalue weighted by Gasteiger charge is 2.36. The summed E-state index contributed by atoms with van der Waals surface area (Å²) >= 11 is 0. The number of hydrogen-bond donors (Lipinski definition) is 0. The number of carbonyl (C=O) groups excluding carboxylic acids is 2. The third kappa shape index (κ3) is 3.37. The van der Waals surface area contributed by atoms with Crippen LogP contribution in [0.4, 0.5) is 0 Å². The summed E-state index contributed by atoms with van der Waals surface area (Å²) in [4.78, 5) is 24.0. The summed E-state index contributed by atoms with van der Waals surface area (Å²) in [6.07, 6.45) is 9.51. The van der Waals surface area contributed by atoms with E-state index in [4.69, 9.17) is 9.15 Å². The summed E-state index contributed by atoms with van der Waals surface area (Å²) in [5.41, 5.74) is 2.70. The van der Waals surface area contributed by atoms with Gasteiger partial charge in [-0.15, -0.1) is 0 Å². The maximum absolute atomic E-state index is 12.3. The van der Waals surface area contributed by atoms with Gasteiger partial charge in [0.2, 0.25) is 0 Å². The Morgan fingerprint density at radius 3 is 2.71 bits per heavy atom. The SMILES string of the molecule is CC1=CC(=O)CC(C)(C)[C@@H]1CCC1=CC[C@H](c2ccoc2)OC1=O. The summed E-state index contributed by atoms with van der Waals surface area (Å²) in [6, 6.07) is 1.83. The predicted molar refractivity (Wildman–Crippen MR) is 90.1 cm³/mol. The lowest BCUT2D eigenvalue weighted by molar-refractivity contribution is -0.146. The molecule has 4 heteroatoms. The molecule has 2 atom stereocenters. The van der Waals surface area contributed by atoms with Gasteiger partial charge in [0, 0.05) is 24.0 Å². The van der Waals surface area contributed by atoms with Gasteiger partial charge in [0.05, 0.1) is 12.5 Å². The van der Waals surface area contributed by atoms with E-state index in [1.165, 1.54) is 0 Å². The van der Waals surface area contributed by atoms with Crippen LogP contribution in [-0.2, 0) is 14.3 Å². The molecule has 0 aromatic carbocycles. The molecule has 1 aromatic rings. The fraction of sp³-hybridized carbons (Fsp3) is 0.500. The van der Waals surface area contributed by atoms with Gasteiger partial charge in [0.1, 0.15) is 6.10 Å². The van der Waals surface area contributed by atoms with Crippen molar-refractivity contribution in [1.82, 2.24) is 0 Å². The van der Waals surface area contributed by atoms with Crippen molar-refractivity contribution in [2.45, 2.75) is 52.6 Å². The van der Waals surface area contributed by atoms with E-state index in [0.29, 0.717) is 25.2 Å². The van der Waals surface area contributed by atoms with E-state index < -0.39 is 0 Å². The fourth-order valence-corrected chi connectivity index (χ4v) is 3.96. The van der Waals surface area contributed by atoms with Crippen LogP contribution in [0.5, 0.6) is 0 Å². The van der Waals surface area contributed by atoms with Crippen LogP contribution in [0.25, 0.3) is 0 Å². The molecule has 1 aromatic heterocycles. The Balaban J connectivity index is 1.65. The summed E-state index contributed by atoms with van der Waals surface area (Å²) < 4.78 is 10.6. The molecule has 1 aliphatic heterocycles. The van der Waals surface area contributed by atoms with Gasteiger partial charge in [-0.1, -0.05) is 25.5 Å². The second-order valence-electron chi connectivity index (χ2n) is 7.53. The molecule has 2 heterocycles. The van der Waals surface area contributed by atoms with E-state index in [1.807, 2.05) is 19.1 Å². The molecule has 2 aliphatic rings. The molecule has 1 aliphatic carbocycles. The van der Waals surface area contributed by atoms with E-state index in [1.54, 1.807) is 18.6 Å². The first-order valence-corrected chi connectivity index (χ1v) is 8.50. The molecule has 3 rings (SSSR count). The molecule has 0 N–H and O–H groups in total. The summed E-state index contributed by atoms with van der Waals surface area (Å²) in [7, 11) is 0. The molecule has 4 nitrogen and oxygen atoms in total. The van der Waals surface area contributed by atoms with Crippen molar-refractivity contribution in [3.05, 3.63) is 47.5 Å². The number of ketones is 1. The Morgan fingerprint density at radius 1 is 1.29 bits per heavy atom. The highest BCUT2D eigenvalue weighted by atomic mass is 16.5. The molecule has 0 fully saturated rings. The first kappa shape index (κ1) is 16.7. The Labute approximate surface area is 142 Å². The molecule has 0 spiro atoms. The topological polar surface area (TPSA) is 56.5 Å². The molecule has 0 saturated carbocycles. The van der Waals surface area contributed by atoms with E-state index in [-0.39, 0.29) is 23.3 Å². The Morgan fingerprint density at radius 2 is 2.08 bits per heavy atom. The van der Waals surface area contributed by atoms with Crippen LogP contribution in [0.2, 0.25) is 0 Å². The van der Waals surface area contributed by atoms with Gasteiger partial charge in [0.15, 0.2) is 5.78 Å². The van der Waals surface area contributed by atoms with Crippen molar-refractivity contribution < 1.29 is 18.7 Å². The van der Waals surface area contributed by atoms with E-state index in [2.05, 4.69) is 13.8 Å². The maximum Gasteiger partial charge on any atom is 0.334 e. The summed E-state index contributed by atoms with van der Waals surface area (Å²) in [5, 5.41) is 0. The van der Waals surface area contributed by atoms with Crippen molar-refractivity contribution in [2.24, 2.45) is 11.3 Å². The van der Waals surface area contributed by atoms with Crippen LogP contribution >= 0.6 is 0 Å². The van der Waals surface area contributed by atoms with E-state index in [0.717, 1.165) is 23.1 Å². The predicted octanol–water partition coefficient (Wildman–Crippen LogP) is 4.54. The third-order valence-corrected chi connectivity index (χ3v) is 5.22. The molecule has 24 heavy (non-hydrogen) atoms. The van der Waals surface area contributed by atoms with Gasteiger partial charge in [0.25, 0.3) is 0 Å². The highest BCUT2D eigenvalue weighted by molar-refractivity contribution is 5.92. The van der Waals surface area contributed by atoms with Gasteiger partial charge in [-0.05, 0) is 43.2 Å². The van der Waals surface area contributed by atoms with Crippen LogP contribution in [0, 0.1) is 11.3 Å². The van der Waals surface area contributed by atoms with Crippen LogP contribution in [0.1, 0.15) is 58.1 Å². The average molecular weight is 328 g/mol. The number of carbonyl (C=O) groups is 2. The first-order chi connectivity index (χ1) is 11.4. The number of rotatable bonds is 4. The van der Waals surface area contributed by atoms with Crippen LogP contribution in [0.15, 0.2) is 46.3 Å². The molecule has 0 amide bonds. The minimum absolute atomic E-state index is 0.0611. The lowest BCUT2D eigenvalue weighted by Crippen LogP contribution is -2.32. The molecule has 128 valence electrons. The largest absolute Gasteiger partial charge is 0.472 e. The highest BCUT2D eigenvalue weighted by Crippen LogP contribution is 2.43.